The molecule has 0 aliphatic rings. The monoisotopic (exact) mass is 293 g/mol. The molecular weight excluding hydrogens is 288 g/mol. The van der Waals surface area contributed by atoms with E-state index in [-0.39, 0.29) is 16.3 Å². The lowest BCUT2D eigenvalue weighted by atomic mass is 10.2. The largest absolute Gasteiger partial charge is 0.423 e. The van der Waals surface area contributed by atoms with Gasteiger partial charge in [0, 0.05) is 0 Å². The normalized spacial score (nSPS) is 9.90. The molecule has 0 atom stereocenters. The Morgan fingerprint density at radius 1 is 1.15 bits per heavy atom. The van der Waals surface area contributed by atoms with Gasteiger partial charge in [-0.1, -0.05) is 11.6 Å². The van der Waals surface area contributed by atoms with Crippen LogP contribution in [-0.4, -0.2) is 5.97 Å². The first-order chi connectivity index (χ1) is 9.51. The highest BCUT2D eigenvalue weighted by atomic mass is 35.5. The van der Waals surface area contributed by atoms with Crippen molar-refractivity contribution >= 4 is 17.6 Å². The first-order valence-corrected chi connectivity index (χ1v) is 5.76. The zero-order chi connectivity index (χ0) is 14.7. The van der Waals surface area contributed by atoms with Crippen molar-refractivity contribution in [2.75, 3.05) is 0 Å². The highest BCUT2D eigenvalue weighted by molar-refractivity contribution is 6.33. The molecule has 2 aromatic carbocycles. The fourth-order valence-corrected chi connectivity index (χ4v) is 1.67. The molecule has 0 saturated heterocycles. The van der Waals surface area contributed by atoms with E-state index in [1.165, 1.54) is 24.3 Å². The Labute approximate surface area is 118 Å². The maximum atomic E-state index is 13.1. The lowest BCUT2D eigenvalue weighted by Gasteiger charge is -2.06. The van der Waals surface area contributed by atoms with Gasteiger partial charge < -0.3 is 4.74 Å². The molecule has 0 heterocycles. The number of carbonyl (C=O) groups is 1. The summed E-state index contributed by atoms with van der Waals surface area (Å²) in [7, 11) is 0. The van der Waals surface area contributed by atoms with E-state index in [0.29, 0.717) is 17.7 Å². The summed E-state index contributed by atoms with van der Waals surface area (Å²) in [5.41, 5.74) is 0.116. The molecule has 20 heavy (non-hydrogen) atoms. The van der Waals surface area contributed by atoms with Crippen LogP contribution < -0.4 is 4.74 Å². The molecule has 3 nitrogen and oxygen atoms in total. The fraction of sp³-hybridized carbons (Fsp3) is 0. The third-order valence-corrected chi connectivity index (χ3v) is 2.74. The summed E-state index contributed by atoms with van der Waals surface area (Å²) in [5, 5.41) is 8.38. The third kappa shape index (κ3) is 2.92. The van der Waals surface area contributed by atoms with Gasteiger partial charge in [-0.05, 0) is 36.4 Å². The summed E-state index contributed by atoms with van der Waals surface area (Å²) in [6, 6.07) is 9.00. The predicted octanol–water partition coefficient (Wildman–Crippen LogP) is 3.71. The van der Waals surface area contributed by atoms with Crippen LogP contribution in [0.4, 0.5) is 8.78 Å². The Kier molecular flexibility index (Phi) is 3.97. The van der Waals surface area contributed by atoms with E-state index in [1.54, 1.807) is 0 Å². The highest BCUT2D eigenvalue weighted by Gasteiger charge is 2.17. The van der Waals surface area contributed by atoms with Crippen LogP contribution in [0, 0.1) is 23.0 Å². The molecular formula is C14H6ClF2NO2. The van der Waals surface area contributed by atoms with Crippen molar-refractivity contribution in [3.05, 3.63) is 64.2 Å². The lowest BCUT2D eigenvalue weighted by Crippen LogP contribution is -2.10. The summed E-state index contributed by atoms with van der Waals surface area (Å²) in [5.74, 6) is -3.10. The standard InChI is InChI=1S/C14H6ClF2NO2/c15-11-6-13(17)12(16)5-10(11)14(19)20-9-3-1-8(7-18)2-4-9/h1-6H. The summed E-state index contributed by atoms with van der Waals surface area (Å²) >= 11 is 5.66. The summed E-state index contributed by atoms with van der Waals surface area (Å²) in [6.45, 7) is 0. The van der Waals surface area contributed by atoms with Crippen LogP contribution in [-0.2, 0) is 0 Å². The number of ether oxygens (including phenoxy) is 1. The zero-order valence-electron chi connectivity index (χ0n) is 9.86. The second-order valence-corrected chi connectivity index (χ2v) is 4.18. The van der Waals surface area contributed by atoms with E-state index in [2.05, 4.69) is 0 Å². The Balaban J connectivity index is 2.24. The molecule has 2 aromatic rings. The molecule has 0 unspecified atom stereocenters. The van der Waals surface area contributed by atoms with E-state index < -0.39 is 17.6 Å². The average molecular weight is 294 g/mol. The second-order valence-electron chi connectivity index (χ2n) is 3.77. The van der Waals surface area contributed by atoms with Gasteiger partial charge in [0.05, 0.1) is 22.2 Å². The minimum absolute atomic E-state index is 0.162. The van der Waals surface area contributed by atoms with Gasteiger partial charge >= 0.3 is 5.97 Å². The molecule has 100 valence electrons. The van der Waals surface area contributed by atoms with Crippen molar-refractivity contribution in [3.8, 4) is 11.8 Å². The quantitative estimate of drug-likeness (QED) is 0.482. The SMILES string of the molecule is N#Cc1ccc(OC(=O)c2cc(F)c(F)cc2Cl)cc1. The van der Waals surface area contributed by atoms with Crippen molar-refractivity contribution in [1.29, 1.82) is 5.26 Å². The molecule has 0 saturated carbocycles. The highest BCUT2D eigenvalue weighted by Crippen LogP contribution is 2.22. The van der Waals surface area contributed by atoms with E-state index in [0.717, 1.165) is 0 Å². The minimum atomic E-state index is -1.19. The number of nitriles is 1. The Morgan fingerprint density at radius 2 is 1.75 bits per heavy atom. The first-order valence-electron chi connectivity index (χ1n) is 5.38. The number of esters is 1. The van der Waals surface area contributed by atoms with Gasteiger partial charge in [0.15, 0.2) is 11.6 Å². The Bertz CT molecular complexity index is 708. The lowest BCUT2D eigenvalue weighted by molar-refractivity contribution is 0.0734. The Hall–Kier alpha value is -2.45. The molecule has 6 heteroatoms. The molecule has 2 rings (SSSR count). The minimum Gasteiger partial charge on any atom is -0.423 e. The van der Waals surface area contributed by atoms with E-state index in [1.807, 2.05) is 6.07 Å². The number of benzene rings is 2. The number of carbonyl (C=O) groups excluding carboxylic acids is 1. The molecule has 0 spiro atoms. The van der Waals surface area contributed by atoms with Crippen LogP contribution >= 0.6 is 11.6 Å². The van der Waals surface area contributed by atoms with Gasteiger partial charge in [-0.15, -0.1) is 0 Å². The second kappa shape index (κ2) is 5.68. The van der Waals surface area contributed by atoms with E-state index >= 15 is 0 Å². The average Bonchev–Trinajstić information content (AvgIpc) is 2.43. The third-order valence-electron chi connectivity index (χ3n) is 2.42. The number of hydrogen-bond donors (Lipinski definition) is 0. The maximum Gasteiger partial charge on any atom is 0.345 e. The molecule has 0 aliphatic carbocycles. The molecule has 0 radical (unpaired) electrons. The van der Waals surface area contributed by atoms with Crippen molar-refractivity contribution in [2.24, 2.45) is 0 Å². The van der Waals surface area contributed by atoms with E-state index in [9.17, 15) is 13.6 Å². The van der Waals surface area contributed by atoms with Crippen molar-refractivity contribution < 1.29 is 18.3 Å². The van der Waals surface area contributed by atoms with Crippen LogP contribution in [0.1, 0.15) is 15.9 Å². The fourth-order valence-electron chi connectivity index (χ4n) is 1.44. The van der Waals surface area contributed by atoms with Gasteiger partial charge in [0.2, 0.25) is 0 Å². The molecule has 0 bridgehead atoms. The number of rotatable bonds is 2. The maximum absolute atomic E-state index is 13.1. The van der Waals surface area contributed by atoms with Gasteiger partial charge in [0.25, 0.3) is 0 Å². The molecule has 0 N–H and O–H groups in total. The number of halogens is 3. The van der Waals surface area contributed by atoms with Crippen molar-refractivity contribution in [3.63, 3.8) is 0 Å². The smallest absolute Gasteiger partial charge is 0.345 e. The van der Waals surface area contributed by atoms with Crippen LogP contribution in [0.5, 0.6) is 5.75 Å². The summed E-state index contributed by atoms with van der Waals surface area (Å²) in [4.78, 5) is 11.8. The number of nitrogens with zero attached hydrogens (tertiary/aromatic N) is 1. The number of hydrogen-bond acceptors (Lipinski definition) is 3. The first kappa shape index (κ1) is 14.0. The van der Waals surface area contributed by atoms with Crippen LogP contribution in [0.3, 0.4) is 0 Å². The zero-order valence-corrected chi connectivity index (χ0v) is 10.6. The summed E-state index contributed by atoms with van der Waals surface area (Å²) < 4.78 is 30.9. The van der Waals surface area contributed by atoms with Crippen molar-refractivity contribution in [1.82, 2.24) is 0 Å². The van der Waals surface area contributed by atoms with Gasteiger partial charge in [-0.25, -0.2) is 13.6 Å². The van der Waals surface area contributed by atoms with E-state index in [4.69, 9.17) is 21.6 Å². The topological polar surface area (TPSA) is 50.1 Å². The van der Waals surface area contributed by atoms with Gasteiger partial charge in [-0.2, -0.15) is 5.26 Å². The van der Waals surface area contributed by atoms with Gasteiger partial charge in [0.1, 0.15) is 5.75 Å². The van der Waals surface area contributed by atoms with Crippen LogP contribution in [0.25, 0.3) is 0 Å². The van der Waals surface area contributed by atoms with Crippen LogP contribution in [0.2, 0.25) is 5.02 Å². The Morgan fingerprint density at radius 3 is 2.35 bits per heavy atom. The van der Waals surface area contributed by atoms with Crippen molar-refractivity contribution in [2.45, 2.75) is 0 Å². The molecule has 0 aliphatic heterocycles. The predicted molar refractivity (Wildman–Crippen MR) is 67.5 cm³/mol. The van der Waals surface area contributed by atoms with Crippen LogP contribution in [0.15, 0.2) is 36.4 Å². The molecule has 0 amide bonds. The summed E-state index contributed by atoms with van der Waals surface area (Å²) in [6.07, 6.45) is 0. The van der Waals surface area contributed by atoms with Gasteiger partial charge in [-0.3, -0.25) is 0 Å². The molecule has 0 fully saturated rings. The molecule has 0 aromatic heterocycles.